The summed E-state index contributed by atoms with van der Waals surface area (Å²) >= 11 is 5.90. The Hall–Kier alpha value is -0.320. The lowest BCUT2D eigenvalue weighted by molar-refractivity contribution is -0.130. The van der Waals surface area contributed by atoms with Crippen LogP contribution < -0.4 is 0 Å². The maximum atomic E-state index is 11.8. The maximum Gasteiger partial charge on any atom is 0.240 e. The van der Waals surface area contributed by atoms with E-state index in [1.807, 2.05) is 6.92 Å². The molecule has 0 unspecified atom stereocenters. The number of hydrogen-bond donors (Lipinski definition) is 0. The summed E-state index contributed by atoms with van der Waals surface area (Å²) in [5.41, 5.74) is 0. The minimum atomic E-state index is -0.432. The van der Waals surface area contributed by atoms with Gasteiger partial charge >= 0.3 is 0 Å². The topological polar surface area (TPSA) is 38.8 Å². The molecule has 0 N–H and O–H groups in total. The second-order valence-electron chi connectivity index (χ2n) is 3.67. The van der Waals surface area contributed by atoms with Gasteiger partial charge in [-0.3, -0.25) is 4.79 Å². The Bertz CT molecular complexity index is 213. The minimum Gasteiger partial charge on any atom is -0.377 e. The number of methoxy groups -OCH3 is 2. The molecule has 0 aromatic carbocycles. The summed E-state index contributed by atoms with van der Waals surface area (Å²) in [5, 5.41) is -0.432. The Kier molecular flexibility index (Phi) is 4.83. The van der Waals surface area contributed by atoms with Crippen LogP contribution in [0.4, 0.5) is 0 Å². The van der Waals surface area contributed by atoms with Crippen LogP contribution in [0.1, 0.15) is 13.3 Å². The number of alkyl halides is 1. The van der Waals surface area contributed by atoms with Crippen LogP contribution in [-0.4, -0.2) is 55.7 Å². The van der Waals surface area contributed by atoms with Gasteiger partial charge in [-0.15, -0.1) is 11.6 Å². The summed E-state index contributed by atoms with van der Waals surface area (Å²) in [4.78, 5) is 13.5. The first-order chi connectivity index (χ1) is 7.13. The van der Waals surface area contributed by atoms with Crippen LogP contribution in [0.15, 0.2) is 0 Å². The van der Waals surface area contributed by atoms with E-state index in [1.54, 1.807) is 19.1 Å². The summed E-state index contributed by atoms with van der Waals surface area (Å²) in [7, 11) is 3.26. The fourth-order valence-corrected chi connectivity index (χ4v) is 1.89. The van der Waals surface area contributed by atoms with E-state index >= 15 is 0 Å². The number of nitrogens with zero attached hydrogens (tertiary/aromatic N) is 1. The van der Waals surface area contributed by atoms with Crippen LogP contribution in [0.2, 0.25) is 0 Å². The van der Waals surface area contributed by atoms with Gasteiger partial charge in [-0.05, 0) is 6.42 Å². The van der Waals surface area contributed by atoms with Gasteiger partial charge in [0.05, 0.1) is 0 Å². The highest BCUT2D eigenvalue weighted by atomic mass is 35.5. The Morgan fingerprint density at radius 1 is 1.40 bits per heavy atom. The van der Waals surface area contributed by atoms with Crippen molar-refractivity contribution in [3.8, 4) is 0 Å². The zero-order valence-corrected chi connectivity index (χ0v) is 10.2. The van der Waals surface area contributed by atoms with Gasteiger partial charge in [0, 0.05) is 27.3 Å². The molecule has 1 amide bonds. The summed E-state index contributed by atoms with van der Waals surface area (Å²) < 4.78 is 10.5. The SMILES string of the molecule is CC[C@H](Cl)C(=O)N1C[C@H](OC)[C@@H](OC)C1. The molecule has 1 aliphatic heterocycles. The van der Waals surface area contributed by atoms with E-state index in [9.17, 15) is 4.79 Å². The van der Waals surface area contributed by atoms with Crippen molar-refractivity contribution in [1.82, 2.24) is 4.90 Å². The second-order valence-corrected chi connectivity index (χ2v) is 4.19. The van der Waals surface area contributed by atoms with E-state index in [2.05, 4.69) is 0 Å². The van der Waals surface area contributed by atoms with Gasteiger partial charge < -0.3 is 14.4 Å². The number of carbonyl (C=O) groups excluding carboxylic acids is 1. The first-order valence-corrected chi connectivity index (χ1v) is 5.56. The second kappa shape index (κ2) is 5.68. The molecule has 15 heavy (non-hydrogen) atoms. The zero-order chi connectivity index (χ0) is 11.4. The van der Waals surface area contributed by atoms with E-state index in [1.165, 1.54) is 0 Å². The summed E-state index contributed by atoms with van der Waals surface area (Å²) in [5.74, 6) is -0.0271. The lowest BCUT2D eigenvalue weighted by atomic mass is 10.3. The zero-order valence-electron chi connectivity index (χ0n) is 9.40. The number of carbonyl (C=O) groups is 1. The minimum absolute atomic E-state index is 0.0271. The molecule has 0 aromatic heterocycles. The Labute approximate surface area is 95.5 Å². The Morgan fingerprint density at radius 2 is 1.87 bits per heavy atom. The lowest BCUT2D eigenvalue weighted by Crippen LogP contribution is -2.35. The molecule has 88 valence electrons. The molecule has 0 spiro atoms. The van der Waals surface area contributed by atoms with Gasteiger partial charge in [-0.1, -0.05) is 6.92 Å². The van der Waals surface area contributed by atoms with E-state index < -0.39 is 5.38 Å². The van der Waals surface area contributed by atoms with Crippen molar-refractivity contribution in [2.75, 3.05) is 27.3 Å². The predicted molar refractivity (Wildman–Crippen MR) is 58.1 cm³/mol. The number of likely N-dealkylation sites (tertiary alicyclic amines) is 1. The highest BCUT2D eigenvalue weighted by molar-refractivity contribution is 6.30. The van der Waals surface area contributed by atoms with Crippen molar-refractivity contribution in [3.05, 3.63) is 0 Å². The van der Waals surface area contributed by atoms with Crippen molar-refractivity contribution in [2.45, 2.75) is 30.9 Å². The number of ether oxygens (including phenoxy) is 2. The largest absolute Gasteiger partial charge is 0.377 e. The standard InChI is InChI=1S/C10H18ClNO3/c1-4-7(11)10(13)12-5-8(14-2)9(6-12)15-3/h7-9H,4-6H2,1-3H3/t7-,8-,9-/m0/s1. The molecule has 0 radical (unpaired) electrons. The highest BCUT2D eigenvalue weighted by Crippen LogP contribution is 2.18. The first-order valence-electron chi connectivity index (χ1n) is 5.12. The molecule has 0 saturated carbocycles. The quantitative estimate of drug-likeness (QED) is 0.679. The van der Waals surface area contributed by atoms with Crippen LogP contribution in [0.25, 0.3) is 0 Å². The number of rotatable bonds is 4. The average Bonchev–Trinajstić information content (AvgIpc) is 2.69. The summed E-state index contributed by atoms with van der Waals surface area (Å²) in [6.45, 7) is 3.03. The van der Waals surface area contributed by atoms with Gasteiger partial charge in [0.2, 0.25) is 5.91 Å². The molecule has 1 fully saturated rings. The van der Waals surface area contributed by atoms with Crippen LogP contribution >= 0.6 is 11.6 Å². The van der Waals surface area contributed by atoms with Gasteiger partial charge in [0.25, 0.3) is 0 Å². The van der Waals surface area contributed by atoms with Gasteiger partial charge in [-0.25, -0.2) is 0 Å². The molecule has 0 bridgehead atoms. The third-order valence-corrected chi connectivity index (χ3v) is 3.25. The molecular formula is C10H18ClNO3. The Balaban J connectivity index is 2.56. The molecule has 5 heteroatoms. The van der Waals surface area contributed by atoms with Crippen LogP contribution in [0, 0.1) is 0 Å². The van der Waals surface area contributed by atoms with Gasteiger partial charge in [0.1, 0.15) is 17.6 Å². The van der Waals surface area contributed by atoms with Gasteiger partial charge in [-0.2, -0.15) is 0 Å². The normalized spacial score (nSPS) is 28.1. The van der Waals surface area contributed by atoms with Crippen molar-refractivity contribution in [1.29, 1.82) is 0 Å². The average molecular weight is 236 g/mol. The lowest BCUT2D eigenvalue weighted by Gasteiger charge is -2.18. The number of hydrogen-bond acceptors (Lipinski definition) is 3. The van der Waals surface area contributed by atoms with E-state index in [4.69, 9.17) is 21.1 Å². The van der Waals surface area contributed by atoms with Crippen molar-refractivity contribution in [2.24, 2.45) is 0 Å². The molecule has 0 aliphatic carbocycles. The number of amides is 1. The van der Waals surface area contributed by atoms with Crippen molar-refractivity contribution < 1.29 is 14.3 Å². The first kappa shape index (κ1) is 12.7. The van der Waals surface area contributed by atoms with Crippen molar-refractivity contribution in [3.63, 3.8) is 0 Å². The smallest absolute Gasteiger partial charge is 0.240 e. The molecule has 1 rings (SSSR count). The van der Waals surface area contributed by atoms with Crippen LogP contribution in [-0.2, 0) is 14.3 Å². The summed E-state index contributed by atoms with van der Waals surface area (Å²) in [6.07, 6.45) is 0.561. The fraction of sp³-hybridized carbons (Fsp3) is 0.900. The van der Waals surface area contributed by atoms with Crippen LogP contribution in [0.5, 0.6) is 0 Å². The monoisotopic (exact) mass is 235 g/mol. The maximum absolute atomic E-state index is 11.8. The fourth-order valence-electron chi connectivity index (χ4n) is 1.75. The van der Waals surface area contributed by atoms with Crippen molar-refractivity contribution >= 4 is 17.5 Å². The summed E-state index contributed by atoms with van der Waals surface area (Å²) in [6, 6.07) is 0. The molecule has 3 atom stereocenters. The molecule has 1 saturated heterocycles. The third kappa shape index (κ3) is 2.83. The Morgan fingerprint density at radius 3 is 2.20 bits per heavy atom. The molecule has 4 nitrogen and oxygen atoms in total. The molecule has 1 heterocycles. The highest BCUT2D eigenvalue weighted by Gasteiger charge is 2.36. The molecule has 1 aliphatic rings. The van der Waals surface area contributed by atoms with Crippen LogP contribution in [0.3, 0.4) is 0 Å². The number of halogens is 1. The molecular weight excluding hydrogens is 218 g/mol. The third-order valence-electron chi connectivity index (χ3n) is 2.76. The van der Waals surface area contributed by atoms with Gasteiger partial charge in [0.15, 0.2) is 0 Å². The van der Waals surface area contributed by atoms with E-state index in [0.29, 0.717) is 19.5 Å². The van der Waals surface area contributed by atoms with E-state index in [-0.39, 0.29) is 18.1 Å². The molecule has 0 aromatic rings. The van der Waals surface area contributed by atoms with E-state index in [0.717, 1.165) is 0 Å². The predicted octanol–water partition coefficient (Wildman–Crippen LogP) is 0.876.